The van der Waals surface area contributed by atoms with Crippen LogP contribution in [-0.2, 0) is 10.2 Å². The monoisotopic (exact) mass is 424 g/mol. The third kappa shape index (κ3) is 3.46. The Morgan fingerprint density at radius 3 is 2.29 bits per heavy atom. The van der Waals surface area contributed by atoms with Crippen molar-refractivity contribution in [3.05, 3.63) is 53.1 Å². The molecular weight excluding hydrogens is 395 g/mol. The summed E-state index contributed by atoms with van der Waals surface area (Å²) >= 11 is 0. The first-order valence-corrected chi connectivity index (χ1v) is 11.2. The van der Waals surface area contributed by atoms with Gasteiger partial charge >= 0.3 is 12.0 Å². The normalized spacial score (nSPS) is 34.1. The maximum absolute atomic E-state index is 14.2. The number of allylic oxidation sites excluding steroid dienone is 1. The number of benzene rings is 1. The lowest BCUT2D eigenvalue weighted by Crippen LogP contribution is -2.47. The van der Waals surface area contributed by atoms with Crippen molar-refractivity contribution in [2.24, 2.45) is 5.41 Å². The number of nitrogens with zero attached hydrogens (tertiary/aromatic N) is 1. The second-order valence-corrected chi connectivity index (χ2v) is 10.1. The number of rotatable bonds is 3. The lowest BCUT2D eigenvalue weighted by atomic mass is 9.52. The maximum atomic E-state index is 14.2. The zero-order valence-electron chi connectivity index (χ0n) is 17.9. The van der Waals surface area contributed by atoms with Gasteiger partial charge in [-0.25, -0.2) is 9.18 Å². The van der Waals surface area contributed by atoms with Crippen LogP contribution in [0.15, 0.2) is 47.6 Å². The number of fused-ring (bicyclic) bond motifs is 3. The number of carbonyl (C=O) groups is 2. The predicted molar refractivity (Wildman–Crippen MR) is 117 cm³/mol. The molecule has 5 aliphatic rings. The quantitative estimate of drug-likeness (QED) is 0.701. The Morgan fingerprint density at radius 2 is 1.68 bits per heavy atom. The zero-order chi connectivity index (χ0) is 21.9. The number of nitrogens with one attached hydrogen (secondary N) is 1. The Bertz CT molecular complexity index is 968. The van der Waals surface area contributed by atoms with Gasteiger partial charge in [0, 0.05) is 25.2 Å². The van der Waals surface area contributed by atoms with Gasteiger partial charge in [0.05, 0.1) is 5.41 Å². The van der Waals surface area contributed by atoms with Crippen LogP contribution in [0.25, 0.3) is 0 Å². The van der Waals surface area contributed by atoms with Gasteiger partial charge in [-0.1, -0.05) is 18.2 Å². The maximum Gasteiger partial charge on any atom is 0.322 e. The van der Waals surface area contributed by atoms with Crippen LogP contribution in [0.3, 0.4) is 0 Å². The lowest BCUT2D eigenvalue weighted by Gasteiger charge is -2.51. The van der Waals surface area contributed by atoms with E-state index >= 15 is 0 Å². The highest BCUT2D eigenvalue weighted by atomic mass is 19.1. The van der Waals surface area contributed by atoms with Gasteiger partial charge in [0.25, 0.3) is 0 Å². The standard InChI is InChI=1S/C25H29FN2O3/c1-23(26)7-6-17-15-28(16-18(17)14-23)22(31)27-20-4-2-19(3-5-20)24-8-11-25(12-9-24,13-10-24)21(29)30/h2-7H,8-16H2,1H3,(H,27,31)(H,29,30). The van der Waals surface area contributed by atoms with Crippen LogP contribution in [0.4, 0.5) is 14.9 Å². The number of alkyl halides is 1. The van der Waals surface area contributed by atoms with Crippen molar-refractivity contribution in [3.63, 3.8) is 0 Å². The predicted octanol–water partition coefficient (Wildman–Crippen LogP) is 5.20. The summed E-state index contributed by atoms with van der Waals surface area (Å²) in [6, 6.07) is 7.88. The third-order valence-corrected chi connectivity index (χ3v) is 8.12. The van der Waals surface area contributed by atoms with E-state index in [0.29, 0.717) is 19.5 Å². The van der Waals surface area contributed by atoms with Crippen LogP contribution in [0.2, 0.25) is 0 Å². The number of carboxylic acid groups (broad SMARTS) is 1. The fraction of sp³-hybridized carbons (Fsp3) is 0.520. The number of anilines is 1. The number of urea groups is 1. The van der Waals surface area contributed by atoms with Crippen molar-refractivity contribution >= 4 is 17.7 Å². The van der Waals surface area contributed by atoms with Gasteiger partial charge in [0.2, 0.25) is 0 Å². The summed E-state index contributed by atoms with van der Waals surface area (Å²) in [6.45, 7) is 2.55. The van der Waals surface area contributed by atoms with Crippen molar-refractivity contribution in [1.82, 2.24) is 4.90 Å². The zero-order valence-corrected chi connectivity index (χ0v) is 17.9. The van der Waals surface area contributed by atoms with E-state index in [-0.39, 0.29) is 11.4 Å². The van der Waals surface area contributed by atoms with Crippen LogP contribution in [0.5, 0.6) is 0 Å². The molecule has 2 N–H and O–H groups in total. The van der Waals surface area contributed by atoms with Crippen molar-refractivity contribution < 1.29 is 19.1 Å². The van der Waals surface area contributed by atoms with E-state index in [1.807, 2.05) is 18.2 Å². The van der Waals surface area contributed by atoms with E-state index in [9.17, 15) is 19.1 Å². The number of halogens is 1. The first-order valence-electron chi connectivity index (χ1n) is 11.2. The lowest BCUT2D eigenvalue weighted by molar-refractivity contribution is -0.156. The molecule has 1 unspecified atom stereocenters. The van der Waals surface area contributed by atoms with Gasteiger partial charge in [-0.15, -0.1) is 0 Å². The Labute approximate surface area is 182 Å². The molecule has 0 spiro atoms. The fourth-order valence-electron chi connectivity index (χ4n) is 5.99. The van der Waals surface area contributed by atoms with Crippen LogP contribution in [-0.4, -0.2) is 40.8 Å². The number of aliphatic carboxylic acids is 1. The Morgan fingerprint density at radius 1 is 1.03 bits per heavy atom. The molecule has 1 aliphatic heterocycles. The molecule has 0 radical (unpaired) electrons. The van der Waals surface area contributed by atoms with Gasteiger partial charge in [0.1, 0.15) is 5.67 Å². The first kappa shape index (κ1) is 20.3. The van der Waals surface area contributed by atoms with Crippen LogP contribution in [0, 0.1) is 5.41 Å². The molecule has 1 atom stereocenters. The molecule has 6 heteroatoms. The number of carbonyl (C=O) groups excluding carboxylic acids is 1. The molecule has 31 heavy (non-hydrogen) atoms. The third-order valence-electron chi connectivity index (χ3n) is 8.12. The average Bonchev–Trinajstić information content (AvgIpc) is 3.17. The number of amides is 2. The Kier molecular flexibility index (Phi) is 4.54. The molecule has 5 nitrogen and oxygen atoms in total. The van der Waals surface area contributed by atoms with Gasteiger partial charge < -0.3 is 15.3 Å². The summed E-state index contributed by atoms with van der Waals surface area (Å²) in [5.41, 5.74) is 2.28. The largest absolute Gasteiger partial charge is 0.481 e. The van der Waals surface area contributed by atoms with Crippen LogP contribution in [0.1, 0.15) is 57.4 Å². The average molecular weight is 425 g/mol. The summed E-state index contributed by atoms with van der Waals surface area (Å²) in [7, 11) is 0. The molecule has 4 aliphatic carbocycles. The minimum absolute atomic E-state index is 0.0724. The minimum Gasteiger partial charge on any atom is -0.481 e. The molecular formula is C25H29FN2O3. The molecule has 164 valence electrons. The minimum atomic E-state index is -1.33. The molecule has 0 aromatic heterocycles. The summed E-state index contributed by atoms with van der Waals surface area (Å²) in [5, 5.41) is 12.6. The van der Waals surface area contributed by atoms with Crippen molar-refractivity contribution in [1.29, 1.82) is 0 Å². The number of hydrogen-bond acceptors (Lipinski definition) is 2. The highest BCUT2D eigenvalue weighted by Gasteiger charge is 2.53. The number of carboxylic acids is 1. The summed E-state index contributed by atoms with van der Waals surface area (Å²) < 4.78 is 14.2. The molecule has 2 bridgehead atoms. The van der Waals surface area contributed by atoms with Crippen molar-refractivity contribution in [2.75, 3.05) is 18.4 Å². The highest BCUT2D eigenvalue weighted by Crippen LogP contribution is 2.57. The van der Waals surface area contributed by atoms with E-state index in [1.165, 1.54) is 5.56 Å². The highest BCUT2D eigenvalue weighted by molar-refractivity contribution is 5.90. The first-order chi connectivity index (χ1) is 14.7. The van der Waals surface area contributed by atoms with E-state index in [4.69, 9.17) is 0 Å². The second kappa shape index (κ2) is 6.94. The summed E-state index contributed by atoms with van der Waals surface area (Å²) in [6.07, 6.45) is 8.74. The molecule has 1 heterocycles. The molecule has 2 amide bonds. The molecule has 1 aromatic rings. The SMILES string of the molecule is CC1(F)C=CC2=C(CN(C(=O)Nc3ccc(C45CCC(C(=O)O)(CC4)CC5)cc3)C2)C1. The van der Waals surface area contributed by atoms with Crippen molar-refractivity contribution in [3.8, 4) is 0 Å². The van der Waals surface area contributed by atoms with E-state index < -0.39 is 17.1 Å². The summed E-state index contributed by atoms with van der Waals surface area (Å²) in [5.74, 6) is -0.636. The molecule has 3 fully saturated rings. The Balaban J connectivity index is 1.22. The van der Waals surface area contributed by atoms with E-state index in [0.717, 1.165) is 55.4 Å². The van der Waals surface area contributed by atoms with Gasteiger partial charge in [-0.05, 0) is 85.8 Å². The van der Waals surface area contributed by atoms with E-state index in [1.54, 1.807) is 17.9 Å². The van der Waals surface area contributed by atoms with Gasteiger partial charge in [-0.3, -0.25) is 4.79 Å². The topological polar surface area (TPSA) is 69.6 Å². The molecule has 6 rings (SSSR count). The number of hydrogen-bond donors (Lipinski definition) is 2. The van der Waals surface area contributed by atoms with Crippen molar-refractivity contribution in [2.45, 2.75) is 63.0 Å². The smallest absolute Gasteiger partial charge is 0.322 e. The Hall–Kier alpha value is -2.63. The molecule has 0 saturated heterocycles. The molecule has 1 aromatic carbocycles. The van der Waals surface area contributed by atoms with Gasteiger partial charge in [-0.2, -0.15) is 0 Å². The van der Waals surface area contributed by atoms with E-state index in [2.05, 4.69) is 17.4 Å². The molecule has 3 saturated carbocycles. The summed E-state index contributed by atoms with van der Waals surface area (Å²) in [4.78, 5) is 26.1. The fourth-order valence-corrected chi connectivity index (χ4v) is 5.99. The van der Waals surface area contributed by atoms with Crippen LogP contribution < -0.4 is 5.32 Å². The van der Waals surface area contributed by atoms with Crippen LogP contribution >= 0.6 is 0 Å². The second-order valence-electron chi connectivity index (χ2n) is 10.1. The van der Waals surface area contributed by atoms with Gasteiger partial charge in [0.15, 0.2) is 0 Å².